The molecule has 0 bridgehead atoms. The number of halogens is 3. The van der Waals surface area contributed by atoms with Crippen LogP contribution in [0.2, 0.25) is 0 Å². The van der Waals surface area contributed by atoms with Gasteiger partial charge in [-0.25, -0.2) is 4.90 Å². The fourth-order valence-corrected chi connectivity index (χ4v) is 7.81. The number of carbonyl (C=O) groups is 2. The van der Waals surface area contributed by atoms with Crippen molar-refractivity contribution >= 4 is 40.6 Å². The standard InChI is InChI=1S/C30H23F3N2O5S2/c1-15-6-8-16(9-7-15)14-40-20-11-10-17(12-21(20)39-2)22-23-25(41-26-24(22)42-29(38)34-26)28(37)35(27(23)36)19-5-3-4-18(13-19)30(31,32)33/h3-13,22-23,25H,14H2,1-2H3,(H,34,38)/t22-,23?,25?/m1/s1. The van der Waals surface area contributed by atoms with Crippen LogP contribution in [0.25, 0.3) is 0 Å². The molecule has 3 heterocycles. The van der Waals surface area contributed by atoms with Crippen LogP contribution in [0.15, 0.2) is 76.6 Å². The highest BCUT2D eigenvalue weighted by atomic mass is 32.2. The van der Waals surface area contributed by atoms with Crippen molar-refractivity contribution in [3.05, 3.63) is 104 Å². The van der Waals surface area contributed by atoms with Crippen molar-refractivity contribution in [1.82, 2.24) is 4.98 Å². The van der Waals surface area contributed by atoms with Gasteiger partial charge in [0.2, 0.25) is 11.8 Å². The number of anilines is 1. The number of amides is 2. The molecule has 1 saturated heterocycles. The summed E-state index contributed by atoms with van der Waals surface area (Å²) in [5.74, 6) is -2.09. The summed E-state index contributed by atoms with van der Waals surface area (Å²) in [4.78, 5) is 43.7. The zero-order chi connectivity index (χ0) is 29.8. The summed E-state index contributed by atoms with van der Waals surface area (Å²) in [6, 6.07) is 17.2. The van der Waals surface area contributed by atoms with E-state index >= 15 is 0 Å². The minimum absolute atomic E-state index is 0.150. The van der Waals surface area contributed by atoms with E-state index in [9.17, 15) is 27.6 Å². The third-order valence-electron chi connectivity index (χ3n) is 7.32. The molecule has 12 heteroatoms. The lowest BCUT2D eigenvalue weighted by molar-refractivity contribution is -0.137. The van der Waals surface area contributed by atoms with Crippen LogP contribution in [-0.2, 0) is 22.4 Å². The molecule has 0 saturated carbocycles. The van der Waals surface area contributed by atoms with Gasteiger partial charge < -0.3 is 14.5 Å². The Morgan fingerprint density at radius 2 is 1.71 bits per heavy atom. The van der Waals surface area contributed by atoms with Crippen LogP contribution in [0.1, 0.15) is 33.0 Å². The maximum atomic E-state index is 13.9. The monoisotopic (exact) mass is 612 g/mol. The van der Waals surface area contributed by atoms with Gasteiger partial charge in [-0.05, 0) is 48.4 Å². The number of aryl methyl sites for hydroxylation is 1. The second-order valence-electron chi connectivity index (χ2n) is 9.99. The number of alkyl halides is 3. The molecule has 6 rings (SSSR count). The fourth-order valence-electron chi connectivity index (χ4n) is 5.29. The molecule has 7 nitrogen and oxygen atoms in total. The van der Waals surface area contributed by atoms with Gasteiger partial charge in [0.05, 0.1) is 29.3 Å². The third kappa shape index (κ3) is 4.98. The van der Waals surface area contributed by atoms with Crippen LogP contribution in [0.3, 0.4) is 0 Å². The van der Waals surface area contributed by atoms with Crippen molar-refractivity contribution in [3.8, 4) is 11.5 Å². The number of methoxy groups -OCH3 is 1. The predicted molar refractivity (Wildman–Crippen MR) is 152 cm³/mol. The number of ether oxygens (including phenoxy) is 2. The van der Waals surface area contributed by atoms with Gasteiger partial charge in [-0.15, -0.1) is 0 Å². The summed E-state index contributed by atoms with van der Waals surface area (Å²) in [5.41, 5.74) is 1.58. The number of imide groups is 1. The van der Waals surface area contributed by atoms with E-state index in [-0.39, 0.29) is 10.6 Å². The van der Waals surface area contributed by atoms with Crippen molar-refractivity contribution < 1.29 is 32.2 Å². The van der Waals surface area contributed by atoms with E-state index in [2.05, 4.69) is 4.98 Å². The molecule has 42 heavy (non-hydrogen) atoms. The molecular weight excluding hydrogens is 589 g/mol. The molecule has 2 amide bonds. The summed E-state index contributed by atoms with van der Waals surface area (Å²) in [6.45, 7) is 2.29. The second-order valence-corrected chi connectivity index (χ2v) is 12.2. The number of H-pyrrole nitrogens is 1. The van der Waals surface area contributed by atoms with Crippen LogP contribution in [0.4, 0.5) is 18.9 Å². The first-order chi connectivity index (χ1) is 20.0. The number of hydrogen-bond donors (Lipinski definition) is 1. The highest BCUT2D eigenvalue weighted by Gasteiger charge is 2.56. The molecule has 2 aliphatic heterocycles. The van der Waals surface area contributed by atoms with Crippen LogP contribution in [0.5, 0.6) is 11.5 Å². The summed E-state index contributed by atoms with van der Waals surface area (Å²) in [6.07, 6.45) is -4.64. The van der Waals surface area contributed by atoms with Crippen LogP contribution < -0.4 is 19.2 Å². The van der Waals surface area contributed by atoms with Gasteiger partial charge in [-0.3, -0.25) is 14.4 Å². The average molecular weight is 613 g/mol. The van der Waals surface area contributed by atoms with Crippen LogP contribution in [0, 0.1) is 12.8 Å². The molecule has 2 unspecified atom stereocenters. The van der Waals surface area contributed by atoms with E-state index in [1.807, 2.05) is 31.2 Å². The zero-order valence-corrected chi connectivity index (χ0v) is 23.9. The Hall–Kier alpha value is -4.03. The minimum Gasteiger partial charge on any atom is -0.493 e. The first-order valence-electron chi connectivity index (χ1n) is 12.9. The number of thiazole rings is 1. The topological polar surface area (TPSA) is 88.7 Å². The maximum Gasteiger partial charge on any atom is 0.416 e. The van der Waals surface area contributed by atoms with E-state index in [1.54, 1.807) is 18.2 Å². The van der Waals surface area contributed by atoms with Gasteiger partial charge in [-0.2, -0.15) is 13.2 Å². The molecule has 0 spiro atoms. The number of thioether (sulfide) groups is 1. The van der Waals surface area contributed by atoms with Crippen molar-refractivity contribution in [2.24, 2.45) is 5.92 Å². The molecule has 3 aromatic carbocycles. The van der Waals surface area contributed by atoms with E-state index < -0.39 is 40.6 Å². The SMILES string of the molecule is COc1cc([C@H]2c3sc(=O)[nH]c3SC3C(=O)N(c4cccc(C(F)(F)F)c4)C(=O)C32)ccc1OCc1ccc(C)cc1. The number of nitrogens with one attached hydrogen (secondary N) is 1. The number of carbonyl (C=O) groups excluding carboxylic acids is 2. The Balaban J connectivity index is 1.37. The molecular formula is C30H23F3N2O5S2. The Kier molecular flexibility index (Phi) is 7.14. The summed E-state index contributed by atoms with van der Waals surface area (Å²) >= 11 is 1.99. The highest BCUT2D eigenvalue weighted by molar-refractivity contribution is 8.00. The predicted octanol–water partition coefficient (Wildman–Crippen LogP) is 6.15. The van der Waals surface area contributed by atoms with Crippen molar-refractivity contribution in [2.75, 3.05) is 12.0 Å². The Labute approximate surface area is 246 Å². The van der Waals surface area contributed by atoms with Crippen LogP contribution in [-0.4, -0.2) is 29.2 Å². The molecule has 1 N–H and O–H groups in total. The van der Waals surface area contributed by atoms with Gasteiger partial charge in [0, 0.05) is 10.8 Å². The largest absolute Gasteiger partial charge is 0.493 e. The fraction of sp³-hybridized carbons (Fsp3) is 0.233. The number of aromatic amines is 1. The van der Waals surface area contributed by atoms with Gasteiger partial charge in [0.15, 0.2) is 11.5 Å². The molecule has 3 atom stereocenters. The summed E-state index contributed by atoms with van der Waals surface area (Å²) in [7, 11) is 1.48. The second kappa shape index (κ2) is 10.7. The van der Waals surface area contributed by atoms with E-state index in [4.69, 9.17) is 9.47 Å². The van der Waals surface area contributed by atoms with Crippen molar-refractivity contribution in [1.29, 1.82) is 0 Å². The lowest BCUT2D eigenvalue weighted by Gasteiger charge is -2.30. The smallest absolute Gasteiger partial charge is 0.416 e. The number of aromatic nitrogens is 1. The van der Waals surface area contributed by atoms with E-state index in [0.29, 0.717) is 33.6 Å². The number of hydrogen-bond acceptors (Lipinski definition) is 7. The molecule has 0 radical (unpaired) electrons. The van der Waals surface area contributed by atoms with Gasteiger partial charge in [0.1, 0.15) is 11.9 Å². The summed E-state index contributed by atoms with van der Waals surface area (Å²) < 4.78 is 51.9. The number of nitrogens with zero attached hydrogens (tertiary/aromatic N) is 1. The quantitative estimate of drug-likeness (QED) is 0.263. The zero-order valence-electron chi connectivity index (χ0n) is 22.2. The number of rotatable bonds is 6. The maximum absolute atomic E-state index is 13.9. The van der Waals surface area contributed by atoms with Crippen molar-refractivity contribution in [2.45, 2.75) is 35.9 Å². The lowest BCUT2D eigenvalue weighted by Crippen LogP contribution is -2.32. The summed E-state index contributed by atoms with van der Waals surface area (Å²) in [5, 5.41) is -0.486. The Morgan fingerprint density at radius 1 is 0.952 bits per heavy atom. The first kappa shape index (κ1) is 28.1. The molecule has 4 aromatic rings. The number of benzene rings is 3. The van der Waals surface area contributed by atoms with E-state index in [0.717, 1.165) is 51.3 Å². The highest BCUT2D eigenvalue weighted by Crippen LogP contribution is 2.54. The van der Waals surface area contributed by atoms with Gasteiger partial charge >= 0.3 is 11.0 Å². The Morgan fingerprint density at radius 3 is 2.43 bits per heavy atom. The third-order valence-corrected chi connectivity index (χ3v) is 9.72. The van der Waals surface area contributed by atoms with Gasteiger partial charge in [0.25, 0.3) is 0 Å². The molecule has 0 aliphatic carbocycles. The minimum atomic E-state index is -4.64. The number of fused-ring (bicyclic) bond motifs is 2. The van der Waals surface area contributed by atoms with E-state index in [1.165, 1.54) is 19.2 Å². The first-order valence-corrected chi connectivity index (χ1v) is 14.6. The lowest BCUT2D eigenvalue weighted by atomic mass is 9.83. The van der Waals surface area contributed by atoms with Crippen LogP contribution >= 0.6 is 23.1 Å². The normalized spacial score (nSPS) is 19.9. The molecule has 1 fully saturated rings. The molecule has 216 valence electrons. The molecule has 2 aliphatic rings. The van der Waals surface area contributed by atoms with Gasteiger partial charge in [-0.1, -0.05) is 65.1 Å². The Bertz CT molecular complexity index is 1750. The molecule has 1 aromatic heterocycles. The van der Waals surface area contributed by atoms with Crippen molar-refractivity contribution in [3.63, 3.8) is 0 Å². The average Bonchev–Trinajstić information content (AvgIpc) is 3.46.